The van der Waals surface area contributed by atoms with Gasteiger partial charge in [0.2, 0.25) is 0 Å². The molecule has 0 N–H and O–H groups in total. The second-order valence-corrected chi connectivity index (χ2v) is 4.76. The van der Waals surface area contributed by atoms with Crippen LogP contribution in [0, 0.1) is 6.92 Å². The Balaban J connectivity index is 1.84. The summed E-state index contributed by atoms with van der Waals surface area (Å²) in [5.74, 6) is -0.549. The summed E-state index contributed by atoms with van der Waals surface area (Å²) >= 11 is 0. The lowest BCUT2D eigenvalue weighted by Crippen LogP contribution is -2.17. The number of pyridine rings is 2. The molecule has 6 heteroatoms. The van der Waals surface area contributed by atoms with Gasteiger partial charge in [-0.05, 0) is 30.7 Å². The minimum atomic E-state index is -0.549. The van der Waals surface area contributed by atoms with E-state index in [-0.39, 0.29) is 17.9 Å². The minimum absolute atomic E-state index is 0.0739. The monoisotopic (exact) mass is 295 g/mol. The quantitative estimate of drug-likeness (QED) is 0.688. The van der Waals surface area contributed by atoms with Crippen LogP contribution in [0.3, 0.4) is 0 Å². The van der Waals surface area contributed by atoms with Gasteiger partial charge < -0.3 is 4.74 Å². The van der Waals surface area contributed by atoms with E-state index in [0.29, 0.717) is 11.3 Å². The van der Waals surface area contributed by atoms with Crippen LogP contribution in [0.5, 0.6) is 0 Å². The van der Waals surface area contributed by atoms with Gasteiger partial charge in [0.05, 0.1) is 5.69 Å². The van der Waals surface area contributed by atoms with Crippen LogP contribution in [0.1, 0.15) is 21.7 Å². The molecule has 3 rings (SSSR count). The Labute approximate surface area is 126 Å². The standard InChI is InChI=1S/C16H13N3O3/c1-11-5-4-8-19-14(20)9-12(18-15(11)19)10-22-16(21)13-6-2-3-7-17-13/h2-9H,10H2,1H3. The summed E-state index contributed by atoms with van der Waals surface area (Å²) in [7, 11) is 0. The average molecular weight is 295 g/mol. The summed E-state index contributed by atoms with van der Waals surface area (Å²) in [6.07, 6.45) is 3.17. The fourth-order valence-corrected chi connectivity index (χ4v) is 2.08. The molecule has 0 aromatic carbocycles. The summed E-state index contributed by atoms with van der Waals surface area (Å²) in [4.78, 5) is 32.2. The molecule has 3 aromatic rings. The maximum atomic E-state index is 12.0. The van der Waals surface area contributed by atoms with E-state index in [2.05, 4.69) is 9.97 Å². The molecule has 0 saturated heterocycles. The van der Waals surface area contributed by atoms with Crippen LogP contribution in [-0.4, -0.2) is 20.3 Å². The topological polar surface area (TPSA) is 73.6 Å². The zero-order valence-electron chi connectivity index (χ0n) is 11.9. The highest BCUT2D eigenvalue weighted by Crippen LogP contribution is 2.07. The Morgan fingerprint density at radius 1 is 1.27 bits per heavy atom. The summed E-state index contributed by atoms with van der Waals surface area (Å²) < 4.78 is 6.60. The SMILES string of the molecule is Cc1cccn2c(=O)cc(COC(=O)c3ccccn3)nc12. The first-order valence-electron chi connectivity index (χ1n) is 6.71. The number of fused-ring (bicyclic) bond motifs is 1. The summed E-state index contributed by atoms with van der Waals surface area (Å²) in [6.45, 7) is 1.79. The van der Waals surface area contributed by atoms with Gasteiger partial charge in [-0.1, -0.05) is 12.1 Å². The summed E-state index contributed by atoms with van der Waals surface area (Å²) in [6, 6.07) is 9.99. The zero-order chi connectivity index (χ0) is 15.5. The van der Waals surface area contributed by atoms with Crippen molar-refractivity contribution in [2.24, 2.45) is 0 Å². The normalized spacial score (nSPS) is 10.6. The number of aromatic nitrogens is 3. The molecule has 0 radical (unpaired) electrons. The third-order valence-corrected chi connectivity index (χ3v) is 3.16. The lowest BCUT2D eigenvalue weighted by atomic mass is 10.3. The Bertz CT molecular complexity index is 888. The van der Waals surface area contributed by atoms with Crippen molar-refractivity contribution in [2.75, 3.05) is 0 Å². The zero-order valence-corrected chi connectivity index (χ0v) is 11.9. The van der Waals surface area contributed by atoms with Gasteiger partial charge in [0.25, 0.3) is 5.56 Å². The van der Waals surface area contributed by atoms with Crippen LogP contribution < -0.4 is 5.56 Å². The average Bonchev–Trinajstić information content (AvgIpc) is 2.54. The van der Waals surface area contributed by atoms with E-state index in [9.17, 15) is 9.59 Å². The van der Waals surface area contributed by atoms with Crippen LogP contribution in [0.25, 0.3) is 5.65 Å². The number of carbonyl (C=O) groups is 1. The van der Waals surface area contributed by atoms with Crippen molar-refractivity contribution in [3.05, 3.63) is 76.1 Å². The van der Waals surface area contributed by atoms with Gasteiger partial charge in [-0.3, -0.25) is 9.20 Å². The van der Waals surface area contributed by atoms with E-state index < -0.39 is 5.97 Å². The van der Waals surface area contributed by atoms with Gasteiger partial charge in [0.15, 0.2) is 0 Å². The van der Waals surface area contributed by atoms with Gasteiger partial charge in [-0.2, -0.15) is 0 Å². The minimum Gasteiger partial charge on any atom is -0.454 e. The molecule has 0 aliphatic carbocycles. The van der Waals surface area contributed by atoms with Crippen molar-refractivity contribution < 1.29 is 9.53 Å². The van der Waals surface area contributed by atoms with Crippen LogP contribution in [0.15, 0.2) is 53.6 Å². The lowest BCUT2D eigenvalue weighted by Gasteiger charge is -2.07. The molecule has 0 fully saturated rings. The molecule has 110 valence electrons. The second-order valence-electron chi connectivity index (χ2n) is 4.76. The number of carbonyl (C=O) groups excluding carboxylic acids is 1. The molecular weight excluding hydrogens is 282 g/mol. The summed E-state index contributed by atoms with van der Waals surface area (Å²) in [5, 5.41) is 0. The number of hydrogen-bond acceptors (Lipinski definition) is 5. The molecule has 0 amide bonds. The lowest BCUT2D eigenvalue weighted by molar-refractivity contribution is 0.0461. The van der Waals surface area contributed by atoms with E-state index in [1.165, 1.54) is 16.7 Å². The van der Waals surface area contributed by atoms with Gasteiger partial charge in [0, 0.05) is 18.5 Å². The van der Waals surface area contributed by atoms with Crippen molar-refractivity contribution in [1.29, 1.82) is 0 Å². The Morgan fingerprint density at radius 3 is 2.91 bits per heavy atom. The van der Waals surface area contributed by atoms with E-state index >= 15 is 0 Å². The van der Waals surface area contributed by atoms with Gasteiger partial charge >= 0.3 is 5.97 Å². The molecule has 0 bridgehead atoms. The number of ether oxygens (including phenoxy) is 1. The van der Waals surface area contributed by atoms with Crippen LogP contribution in [-0.2, 0) is 11.3 Å². The van der Waals surface area contributed by atoms with Crippen molar-refractivity contribution in [1.82, 2.24) is 14.4 Å². The second kappa shape index (κ2) is 5.77. The maximum Gasteiger partial charge on any atom is 0.357 e. The largest absolute Gasteiger partial charge is 0.454 e. The van der Waals surface area contributed by atoms with E-state index in [1.54, 1.807) is 30.5 Å². The highest BCUT2D eigenvalue weighted by Gasteiger charge is 2.10. The molecule has 22 heavy (non-hydrogen) atoms. The van der Waals surface area contributed by atoms with E-state index in [4.69, 9.17) is 4.74 Å². The first kappa shape index (κ1) is 13.9. The van der Waals surface area contributed by atoms with Crippen LogP contribution >= 0.6 is 0 Å². The molecule has 0 spiro atoms. The van der Waals surface area contributed by atoms with Crippen LogP contribution in [0.2, 0.25) is 0 Å². The number of aryl methyl sites for hydroxylation is 1. The van der Waals surface area contributed by atoms with E-state index in [0.717, 1.165) is 5.56 Å². The highest BCUT2D eigenvalue weighted by atomic mass is 16.5. The number of nitrogens with zero attached hydrogens (tertiary/aromatic N) is 3. The number of esters is 1. The molecule has 0 aliphatic heterocycles. The van der Waals surface area contributed by atoms with Gasteiger partial charge in [-0.25, -0.2) is 14.8 Å². The van der Waals surface area contributed by atoms with Crippen molar-refractivity contribution in [2.45, 2.75) is 13.5 Å². The predicted molar refractivity (Wildman–Crippen MR) is 79.6 cm³/mol. The fraction of sp³-hybridized carbons (Fsp3) is 0.125. The smallest absolute Gasteiger partial charge is 0.357 e. The predicted octanol–water partition coefficient (Wildman–Crippen LogP) is 1.75. The molecule has 0 atom stereocenters. The van der Waals surface area contributed by atoms with Crippen molar-refractivity contribution >= 4 is 11.6 Å². The first-order valence-corrected chi connectivity index (χ1v) is 6.71. The Morgan fingerprint density at radius 2 is 2.14 bits per heavy atom. The third kappa shape index (κ3) is 2.71. The first-order chi connectivity index (χ1) is 10.6. The molecule has 0 saturated carbocycles. The highest BCUT2D eigenvalue weighted by molar-refractivity contribution is 5.87. The summed E-state index contributed by atoms with van der Waals surface area (Å²) in [5.41, 5.74) is 1.84. The van der Waals surface area contributed by atoms with Crippen LogP contribution in [0.4, 0.5) is 0 Å². The molecule has 3 heterocycles. The molecular formula is C16H13N3O3. The Kier molecular flexibility index (Phi) is 3.65. The molecule has 6 nitrogen and oxygen atoms in total. The number of rotatable bonds is 3. The Hall–Kier alpha value is -3.02. The van der Waals surface area contributed by atoms with Crippen molar-refractivity contribution in [3.8, 4) is 0 Å². The molecule has 3 aromatic heterocycles. The van der Waals surface area contributed by atoms with E-state index in [1.807, 2.05) is 13.0 Å². The molecule has 0 aliphatic rings. The molecule has 0 unspecified atom stereocenters. The van der Waals surface area contributed by atoms with Crippen molar-refractivity contribution in [3.63, 3.8) is 0 Å². The van der Waals surface area contributed by atoms with Gasteiger partial charge in [0.1, 0.15) is 17.9 Å². The maximum absolute atomic E-state index is 12.0. The number of hydrogen-bond donors (Lipinski definition) is 0. The third-order valence-electron chi connectivity index (χ3n) is 3.16. The van der Waals surface area contributed by atoms with Gasteiger partial charge in [-0.15, -0.1) is 0 Å². The fourth-order valence-electron chi connectivity index (χ4n) is 2.08.